The number of aromatic nitrogens is 1. The van der Waals surface area contributed by atoms with Crippen LogP contribution in [0.25, 0.3) is 16.9 Å². The van der Waals surface area contributed by atoms with E-state index in [0.29, 0.717) is 22.2 Å². The standard InChI is InChI=1S/C19H14Cl2FNO2/c20-15-2-1-3-17(19(15)21)23-14(9-11-18(24)25)8-10-16(23)12-4-6-13(22)7-5-12/h1-8,10H,9,11H2,(H,24,25). The van der Waals surface area contributed by atoms with Crippen LogP contribution in [-0.2, 0) is 11.2 Å². The van der Waals surface area contributed by atoms with Gasteiger partial charge in [0, 0.05) is 5.69 Å². The van der Waals surface area contributed by atoms with Crippen LogP contribution in [-0.4, -0.2) is 15.6 Å². The van der Waals surface area contributed by atoms with Crippen molar-refractivity contribution in [3.8, 4) is 16.9 Å². The fraction of sp³-hybridized carbons (Fsp3) is 0.105. The van der Waals surface area contributed by atoms with E-state index in [-0.39, 0.29) is 12.2 Å². The molecule has 1 heterocycles. The Morgan fingerprint density at radius 2 is 1.76 bits per heavy atom. The Hall–Kier alpha value is -2.30. The van der Waals surface area contributed by atoms with Gasteiger partial charge in [-0.15, -0.1) is 0 Å². The molecule has 6 heteroatoms. The highest BCUT2D eigenvalue weighted by Crippen LogP contribution is 2.34. The molecule has 0 saturated carbocycles. The van der Waals surface area contributed by atoms with Gasteiger partial charge < -0.3 is 9.67 Å². The second-order valence-corrected chi connectivity index (χ2v) is 6.30. The molecule has 0 unspecified atom stereocenters. The Balaban J connectivity index is 2.17. The monoisotopic (exact) mass is 377 g/mol. The molecule has 0 atom stereocenters. The highest BCUT2D eigenvalue weighted by Gasteiger charge is 2.16. The maximum Gasteiger partial charge on any atom is 0.303 e. The van der Waals surface area contributed by atoms with Gasteiger partial charge in [-0.25, -0.2) is 4.39 Å². The molecule has 1 aromatic heterocycles. The van der Waals surface area contributed by atoms with E-state index in [1.165, 1.54) is 12.1 Å². The zero-order valence-corrected chi connectivity index (χ0v) is 14.6. The van der Waals surface area contributed by atoms with E-state index in [1.807, 2.05) is 22.8 Å². The van der Waals surface area contributed by atoms with Crippen molar-refractivity contribution in [1.82, 2.24) is 4.57 Å². The van der Waals surface area contributed by atoms with Gasteiger partial charge in [-0.1, -0.05) is 29.3 Å². The summed E-state index contributed by atoms with van der Waals surface area (Å²) in [5.74, 6) is -1.21. The summed E-state index contributed by atoms with van der Waals surface area (Å²) in [4.78, 5) is 11.0. The summed E-state index contributed by atoms with van der Waals surface area (Å²) in [6.07, 6.45) is 0.324. The van der Waals surface area contributed by atoms with E-state index in [1.54, 1.807) is 24.3 Å². The average molecular weight is 378 g/mol. The summed E-state index contributed by atoms with van der Waals surface area (Å²) in [7, 11) is 0. The van der Waals surface area contributed by atoms with Crippen molar-refractivity contribution in [2.24, 2.45) is 0 Å². The average Bonchev–Trinajstić information content (AvgIpc) is 3.00. The SMILES string of the molecule is O=C(O)CCc1ccc(-c2ccc(F)cc2)n1-c1cccc(Cl)c1Cl. The Morgan fingerprint density at radius 1 is 1.04 bits per heavy atom. The quantitative estimate of drug-likeness (QED) is 0.627. The van der Waals surface area contributed by atoms with Gasteiger partial charge in [-0.3, -0.25) is 4.79 Å². The molecule has 0 saturated heterocycles. The highest BCUT2D eigenvalue weighted by molar-refractivity contribution is 6.43. The van der Waals surface area contributed by atoms with Crippen LogP contribution in [0.4, 0.5) is 4.39 Å². The lowest BCUT2D eigenvalue weighted by Gasteiger charge is -2.16. The number of carboxylic acid groups (broad SMARTS) is 1. The first-order valence-corrected chi connectivity index (χ1v) is 8.35. The fourth-order valence-corrected chi connectivity index (χ4v) is 3.08. The number of aliphatic carboxylic acids is 1. The molecule has 0 bridgehead atoms. The predicted octanol–water partition coefficient (Wildman–Crippen LogP) is 5.61. The number of hydrogen-bond donors (Lipinski definition) is 1. The zero-order chi connectivity index (χ0) is 18.0. The number of nitrogens with zero attached hydrogens (tertiary/aromatic N) is 1. The van der Waals surface area contributed by atoms with Crippen molar-refractivity contribution in [3.05, 3.63) is 76.2 Å². The van der Waals surface area contributed by atoms with Crippen LogP contribution in [0.1, 0.15) is 12.1 Å². The topological polar surface area (TPSA) is 42.2 Å². The third-order valence-electron chi connectivity index (χ3n) is 3.87. The summed E-state index contributed by atoms with van der Waals surface area (Å²) in [6, 6.07) is 15.1. The lowest BCUT2D eigenvalue weighted by atomic mass is 10.1. The first-order chi connectivity index (χ1) is 12.0. The van der Waals surface area contributed by atoms with E-state index in [4.69, 9.17) is 28.3 Å². The summed E-state index contributed by atoms with van der Waals surface area (Å²) in [6.45, 7) is 0. The van der Waals surface area contributed by atoms with Crippen molar-refractivity contribution in [2.75, 3.05) is 0 Å². The van der Waals surface area contributed by atoms with Gasteiger partial charge in [0.05, 0.1) is 27.8 Å². The number of halogens is 3. The molecule has 0 amide bonds. The lowest BCUT2D eigenvalue weighted by Crippen LogP contribution is -2.06. The third-order valence-corrected chi connectivity index (χ3v) is 4.68. The maximum absolute atomic E-state index is 13.2. The number of aryl methyl sites for hydroxylation is 1. The lowest BCUT2D eigenvalue weighted by molar-refractivity contribution is -0.136. The molecule has 1 N–H and O–H groups in total. The maximum atomic E-state index is 13.2. The number of rotatable bonds is 5. The van der Waals surface area contributed by atoms with E-state index in [9.17, 15) is 9.18 Å². The number of carboxylic acids is 1. The normalized spacial score (nSPS) is 10.8. The van der Waals surface area contributed by atoms with E-state index in [2.05, 4.69) is 0 Å². The summed E-state index contributed by atoms with van der Waals surface area (Å²) < 4.78 is 15.1. The molecule has 0 aliphatic heterocycles. The smallest absolute Gasteiger partial charge is 0.303 e. The van der Waals surface area contributed by atoms with Crippen molar-refractivity contribution in [3.63, 3.8) is 0 Å². The molecular formula is C19H14Cl2FNO2. The van der Waals surface area contributed by atoms with Crippen LogP contribution >= 0.6 is 23.2 Å². The molecular weight excluding hydrogens is 364 g/mol. The minimum Gasteiger partial charge on any atom is -0.481 e. The van der Waals surface area contributed by atoms with Crippen molar-refractivity contribution < 1.29 is 14.3 Å². The van der Waals surface area contributed by atoms with Gasteiger partial charge in [0.1, 0.15) is 5.82 Å². The molecule has 0 fully saturated rings. The molecule has 3 rings (SSSR count). The molecule has 2 aromatic carbocycles. The second kappa shape index (κ2) is 7.30. The summed E-state index contributed by atoms with van der Waals surface area (Å²) >= 11 is 12.5. The largest absolute Gasteiger partial charge is 0.481 e. The Kier molecular flexibility index (Phi) is 5.11. The molecule has 0 spiro atoms. The van der Waals surface area contributed by atoms with Crippen LogP contribution < -0.4 is 0 Å². The van der Waals surface area contributed by atoms with Gasteiger partial charge in [0.2, 0.25) is 0 Å². The van der Waals surface area contributed by atoms with Crippen molar-refractivity contribution >= 4 is 29.2 Å². The molecule has 128 valence electrons. The van der Waals surface area contributed by atoms with Gasteiger partial charge in [0.15, 0.2) is 0 Å². The predicted molar refractivity (Wildman–Crippen MR) is 97.1 cm³/mol. The Bertz CT molecular complexity index is 920. The van der Waals surface area contributed by atoms with Crippen LogP contribution in [0, 0.1) is 5.82 Å². The number of benzene rings is 2. The van der Waals surface area contributed by atoms with Gasteiger partial charge >= 0.3 is 5.97 Å². The Labute approximate surface area is 154 Å². The molecule has 25 heavy (non-hydrogen) atoms. The van der Waals surface area contributed by atoms with Crippen LogP contribution in [0.15, 0.2) is 54.6 Å². The molecule has 0 aliphatic carbocycles. The second-order valence-electron chi connectivity index (χ2n) is 5.52. The van der Waals surface area contributed by atoms with Crippen LogP contribution in [0.2, 0.25) is 10.0 Å². The zero-order valence-electron chi connectivity index (χ0n) is 13.0. The summed E-state index contributed by atoms with van der Waals surface area (Å²) in [5.41, 5.74) is 3.01. The van der Waals surface area contributed by atoms with Crippen LogP contribution in [0.5, 0.6) is 0 Å². The fourth-order valence-electron chi connectivity index (χ4n) is 2.70. The summed E-state index contributed by atoms with van der Waals surface area (Å²) in [5, 5.41) is 9.77. The molecule has 3 nitrogen and oxygen atoms in total. The Morgan fingerprint density at radius 3 is 2.44 bits per heavy atom. The van der Waals surface area contributed by atoms with E-state index >= 15 is 0 Å². The number of hydrogen-bond acceptors (Lipinski definition) is 1. The first-order valence-electron chi connectivity index (χ1n) is 7.60. The van der Waals surface area contributed by atoms with Crippen LogP contribution in [0.3, 0.4) is 0 Å². The third kappa shape index (κ3) is 3.70. The van der Waals surface area contributed by atoms with Gasteiger partial charge in [-0.2, -0.15) is 0 Å². The minimum absolute atomic E-state index is 0.00887. The first kappa shape index (κ1) is 17.5. The van der Waals surface area contributed by atoms with Gasteiger partial charge in [-0.05, 0) is 60.5 Å². The minimum atomic E-state index is -0.881. The highest BCUT2D eigenvalue weighted by atomic mass is 35.5. The number of carbonyl (C=O) groups is 1. The molecule has 3 aromatic rings. The van der Waals surface area contributed by atoms with Crippen molar-refractivity contribution in [2.45, 2.75) is 12.8 Å². The van der Waals surface area contributed by atoms with E-state index < -0.39 is 5.97 Å². The van der Waals surface area contributed by atoms with E-state index in [0.717, 1.165) is 17.0 Å². The molecule has 0 aliphatic rings. The van der Waals surface area contributed by atoms with Gasteiger partial charge in [0.25, 0.3) is 0 Å². The van der Waals surface area contributed by atoms with Crippen molar-refractivity contribution in [1.29, 1.82) is 0 Å². The molecule has 0 radical (unpaired) electrons.